The first-order chi connectivity index (χ1) is 14.0. The molecule has 0 unspecified atom stereocenters. The summed E-state index contributed by atoms with van der Waals surface area (Å²) in [6.45, 7) is -3.28. The monoisotopic (exact) mass is 454 g/mol. The third-order valence-corrected chi connectivity index (χ3v) is 3.77. The van der Waals surface area contributed by atoms with E-state index in [9.17, 15) is 26.3 Å². The second-order valence-electron chi connectivity index (χ2n) is 5.86. The molecule has 3 aromatic rings. The van der Waals surface area contributed by atoms with E-state index in [0.29, 0.717) is 5.76 Å². The minimum Gasteiger partial charge on any atom is -0.468 e. The van der Waals surface area contributed by atoms with E-state index < -0.39 is 37.3 Å². The fourth-order valence-electron chi connectivity index (χ4n) is 2.31. The molecular weight excluding hydrogens is 442 g/mol. The molecule has 0 saturated heterocycles. The maximum absolute atomic E-state index is 12.5. The Morgan fingerprint density at radius 1 is 1.03 bits per heavy atom. The summed E-state index contributed by atoms with van der Waals surface area (Å²) in [6.07, 6.45) is -7.93. The number of aromatic nitrogens is 4. The van der Waals surface area contributed by atoms with Gasteiger partial charge in [0.2, 0.25) is 11.8 Å². The number of alkyl halides is 6. The quantitative estimate of drug-likeness (QED) is 0.418. The van der Waals surface area contributed by atoms with Crippen molar-refractivity contribution in [2.45, 2.75) is 18.9 Å². The van der Waals surface area contributed by atoms with E-state index in [-0.39, 0.29) is 22.7 Å². The summed E-state index contributed by atoms with van der Waals surface area (Å²) >= 11 is 5.14. The molecular formula is C16H12F6N4O3S. The number of furan rings is 1. The van der Waals surface area contributed by atoms with Crippen molar-refractivity contribution in [3.05, 3.63) is 41.1 Å². The van der Waals surface area contributed by atoms with Crippen LogP contribution in [-0.4, -0.2) is 45.3 Å². The van der Waals surface area contributed by atoms with Gasteiger partial charge in [0.25, 0.3) is 0 Å². The summed E-state index contributed by atoms with van der Waals surface area (Å²) in [4.78, 5) is 3.54. The standard InChI is InChI=1S/C16H12F6N4O3S/c17-15(18,19)7-28-11-4-9(5-12(23-11)29-8-16(20,21)22)13-24-25-14(30)26(13)6-10-2-1-3-27-10/h1-5H,6-8H2,(H,25,30). The normalized spacial score (nSPS) is 12.2. The van der Waals surface area contributed by atoms with Gasteiger partial charge in [-0.25, -0.2) is 0 Å². The van der Waals surface area contributed by atoms with Crippen LogP contribution in [0.2, 0.25) is 0 Å². The van der Waals surface area contributed by atoms with Crippen LogP contribution in [0.5, 0.6) is 11.8 Å². The molecule has 3 aromatic heterocycles. The molecule has 3 heterocycles. The molecule has 0 atom stereocenters. The minimum atomic E-state index is -4.68. The molecule has 0 fully saturated rings. The lowest BCUT2D eigenvalue weighted by molar-refractivity contribution is -0.155. The van der Waals surface area contributed by atoms with Gasteiger partial charge in [-0.15, -0.1) is 0 Å². The van der Waals surface area contributed by atoms with Crippen LogP contribution in [-0.2, 0) is 6.54 Å². The molecule has 0 aromatic carbocycles. The lowest BCUT2D eigenvalue weighted by atomic mass is 10.2. The molecule has 0 amide bonds. The Bertz CT molecular complexity index is 1010. The van der Waals surface area contributed by atoms with Crippen LogP contribution in [0.3, 0.4) is 0 Å². The number of rotatable bonds is 7. The SMILES string of the molecule is FC(F)(F)COc1cc(-c2n[nH]c(=S)n2Cc2ccco2)cc(OCC(F)(F)F)n1. The molecule has 14 heteroatoms. The van der Waals surface area contributed by atoms with Crippen LogP contribution in [0.4, 0.5) is 26.3 Å². The number of aromatic amines is 1. The van der Waals surface area contributed by atoms with Gasteiger partial charge in [-0.2, -0.15) is 36.4 Å². The summed E-state index contributed by atoms with van der Waals surface area (Å²) < 4.78 is 90.8. The molecule has 30 heavy (non-hydrogen) atoms. The minimum absolute atomic E-state index is 0.0678. The molecule has 0 spiro atoms. The number of ether oxygens (including phenoxy) is 2. The van der Waals surface area contributed by atoms with Crippen molar-refractivity contribution in [1.82, 2.24) is 19.7 Å². The predicted octanol–water partition coefficient (Wildman–Crippen LogP) is 4.53. The third-order valence-electron chi connectivity index (χ3n) is 3.46. The zero-order valence-corrected chi connectivity index (χ0v) is 15.6. The molecule has 162 valence electrons. The number of pyridine rings is 1. The van der Waals surface area contributed by atoms with Gasteiger partial charge in [-0.1, -0.05) is 0 Å². The van der Waals surface area contributed by atoms with Crippen molar-refractivity contribution in [2.75, 3.05) is 13.2 Å². The van der Waals surface area contributed by atoms with Gasteiger partial charge in [0.1, 0.15) is 5.76 Å². The van der Waals surface area contributed by atoms with Crippen molar-refractivity contribution < 1.29 is 40.2 Å². The number of halogens is 6. The van der Waals surface area contributed by atoms with Gasteiger partial charge >= 0.3 is 12.4 Å². The molecule has 1 N–H and O–H groups in total. The lowest BCUT2D eigenvalue weighted by Gasteiger charge is -2.13. The van der Waals surface area contributed by atoms with Crippen LogP contribution in [0.1, 0.15) is 5.76 Å². The largest absolute Gasteiger partial charge is 0.468 e. The predicted molar refractivity (Wildman–Crippen MR) is 91.6 cm³/mol. The van der Waals surface area contributed by atoms with Crippen molar-refractivity contribution in [3.8, 4) is 23.1 Å². The highest BCUT2D eigenvalue weighted by molar-refractivity contribution is 7.71. The Morgan fingerprint density at radius 2 is 1.63 bits per heavy atom. The Labute approximate surface area is 169 Å². The van der Waals surface area contributed by atoms with E-state index in [2.05, 4.69) is 24.7 Å². The van der Waals surface area contributed by atoms with E-state index in [1.54, 1.807) is 12.1 Å². The van der Waals surface area contributed by atoms with E-state index in [1.807, 2.05) is 0 Å². The highest BCUT2D eigenvalue weighted by Crippen LogP contribution is 2.28. The molecule has 0 aliphatic heterocycles. The highest BCUT2D eigenvalue weighted by atomic mass is 32.1. The van der Waals surface area contributed by atoms with Crippen LogP contribution in [0, 0.1) is 4.77 Å². The molecule has 0 aliphatic carbocycles. The van der Waals surface area contributed by atoms with Gasteiger partial charge in [-0.05, 0) is 24.4 Å². The molecule has 3 rings (SSSR count). The zero-order chi connectivity index (χ0) is 21.9. The van der Waals surface area contributed by atoms with Gasteiger partial charge in [-0.3, -0.25) is 9.67 Å². The van der Waals surface area contributed by atoms with Crippen molar-refractivity contribution in [1.29, 1.82) is 0 Å². The van der Waals surface area contributed by atoms with Gasteiger partial charge < -0.3 is 13.9 Å². The summed E-state index contributed by atoms with van der Waals surface area (Å²) in [5.74, 6) is -0.599. The van der Waals surface area contributed by atoms with Crippen LogP contribution in [0.15, 0.2) is 34.9 Å². The second-order valence-corrected chi connectivity index (χ2v) is 6.24. The first-order valence-corrected chi connectivity index (χ1v) is 8.50. The fraction of sp³-hybridized carbons (Fsp3) is 0.312. The van der Waals surface area contributed by atoms with Crippen LogP contribution in [0.25, 0.3) is 11.4 Å². The number of nitrogens with zero attached hydrogens (tertiary/aromatic N) is 3. The van der Waals surface area contributed by atoms with Gasteiger partial charge in [0.05, 0.1) is 12.8 Å². The fourth-order valence-corrected chi connectivity index (χ4v) is 2.51. The Kier molecular flexibility index (Phi) is 6.05. The molecule has 7 nitrogen and oxygen atoms in total. The molecule has 0 saturated carbocycles. The second kappa shape index (κ2) is 8.38. The van der Waals surface area contributed by atoms with Crippen LogP contribution < -0.4 is 9.47 Å². The van der Waals surface area contributed by atoms with E-state index in [1.165, 1.54) is 10.8 Å². The summed E-state index contributed by atoms with van der Waals surface area (Å²) in [6, 6.07) is 5.45. The topological polar surface area (TPSA) is 78.1 Å². The molecule has 0 bridgehead atoms. The average molecular weight is 454 g/mol. The number of nitrogens with one attached hydrogen (secondary N) is 1. The highest BCUT2D eigenvalue weighted by Gasteiger charge is 2.30. The average Bonchev–Trinajstić information content (AvgIpc) is 3.28. The lowest BCUT2D eigenvalue weighted by Crippen LogP contribution is -2.21. The first-order valence-electron chi connectivity index (χ1n) is 8.09. The number of hydrogen-bond donors (Lipinski definition) is 1. The number of H-pyrrole nitrogens is 1. The summed E-state index contributed by atoms with van der Waals surface area (Å²) in [5, 5.41) is 6.50. The third kappa shape index (κ3) is 5.98. The van der Waals surface area contributed by atoms with E-state index >= 15 is 0 Å². The summed E-state index contributed by atoms with van der Waals surface area (Å²) in [7, 11) is 0. The Hall–Kier alpha value is -3.03. The Morgan fingerprint density at radius 3 is 2.13 bits per heavy atom. The van der Waals surface area contributed by atoms with Gasteiger partial charge in [0, 0.05) is 17.7 Å². The van der Waals surface area contributed by atoms with E-state index in [4.69, 9.17) is 16.6 Å². The maximum atomic E-state index is 12.5. The molecule has 0 radical (unpaired) electrons. The molecule has 0 aliphatic rings. The maximum Gasteiger partial charge on any atom is 0.422 e. The summed E-state index contributed by atoms with van der Waals surface area (Å²) in [5.41, 5.74) is 0.0678. The first kappa shape index (κ1) is 21.7. The van der Waals surface area contributed by atoms with Crippen molar-refractivity contribution in [3.63, 3.8) is 0 Å². The van der Waals surface area contributed by atoms with Crippen molar-refractivity contribution >= 4 is 12.2 Å². The number of hydrogen-bond acceptors (Lipinski definition) is 6. The smallest absolute Gasteiger partial charge is 0.422 e. The van der Waals surface area contributed by atoms with Gasteiger partial charge in [0.15, 0.2) is 23.8 Å². The zero-order valence-electron chi connectivity index (χ0n) is 14.8. The van der Waals surface area contributed by atoms with Crippen molar-refractivity contribution in [2.24, 2.45) is 0 Å². The van der Waals surface area contributed by atoms with E-state index in [0.717, 1.165) is 12.1 Å². The van der Waals surface area contributed by atoms with Crippen LogP contribution >= 0.6 is 12.2 Å². The Balaban J connectivity index is 1.97.